The van der Waals surface area contributed by atoms with Crippen molar-refractivity contribution < 1.29 is 4.79 Å². The van der Waals surface area contributed by atoms with Gasteiger partial charge in [-0.1, -0.05) is 20.8 Å². The molecule has 0 saturated heterocycles. The lowest BCUT2D eigenvalue weighted by atomic mass is 10.0. The average molecular weight is 232 g/mol. The summed E-state index contributed by atoms with van der Waals surface area (Å²) in [7, 11) is 0. The van der Waals surface area contributed by atoms with E-state index >= 15 is 0 Å². The Hall–Kier alpha value is -0.220. The van der Waals surface area contributed by atoms with Crippen molar-refractivity contribution in [3.05, 3.63) is 0 Å². The van der Waals surface area contributed by atoms with E-state index in [2.05, 4.69) is 25.4 Å². The summed E-state index contributed by atoms with van der Waals surface area (Å²) in [5.41, 5.74) is 5.44. The van der Waals surface area contributed by atoms with Gasteiger partial charge < -0.3 is 11.1 Å². The smallest absolute Gasteiger partial charge is 0.224 e. The molecule has 0 rings (SSSR count). The molecule has 1 amide bonds. The van der Waals surface area contributed by atoms with Gasteiger partial charge in [-0.25, -0.2) is 0 Å². The number of nitrogens with one attached hydrogen (secondary N) is 1. The number of carbonyl (C=O) groups excluding carboxylic acids is 1. The first-order chi connectivity index (χ1) is 7.05. The Kier molecular flexibility index (Phi) is 7.02. The summed E-state index contributed by atoms with van der Waals surface area (Å²) in [6, 6.07) is 0. The molecule has 0 radical (unpaired) electrons. The van der Waals surface area contributed by atoms with E-state index in [0.29, 0.717) is 6.54 Å². The van der Waals surface area contributed by atoms with Gasteiger partial charge >= 0.3 is 0 Å². The van der Waals surface area contributed by atoms with Crippen LogP contribution < -0.4 is 11.1 Å². The Labute approximate surface area is 97.6 Å². The zero-order valence-corrected chi connectivity index (χ0v) is 11.1. The molecule has 90 valence electrons. The van der Waals surface area contributed by atoms with E-state index in [-0.39, 0.29) is 16.6 Å². The lowest BCUT2D eigenvalue weighted by Crippen LogP contribution is -2.42. The molecule has 0 bridgehead atoms. The quantitative estimate of drug-likeness (QED) is 0.701. The zero-order valence-electron chi connectivity index (χ0n) is 10.3. The van der Waals surface area contributed by atoms with Crippen LogP contribution in [0.5, 0.6) is 0 Å². The first-order valence-electron chi connectivity index (χ1n) is 5.58. The van der Waals surface area contributed by atoms with Crippen molar-refractivity contribution in [1.29, 1.82) is 0 Å². The highest BCUT2D eigenvalue weighted by Crippen LogP contribution is 2.29. The van der Waals surface area contributed by atoms with Gasteiger partial charge in [0.1, 0.15) is 0 Å². The van der Waals surface area contributed by atoms with Gasteiger partial charge in [-0.05, 0) is 19.1 Å². The molecule has 0 aromatic heterocycles. The second-order valence-electron chi connectivity index (χ2n) is 3.95. The molecule has 0 saturated carbocycles. The molecule has 3 nitrogen and oxygen atoms in total. The molecule has 1 atom stereocenters. The largest absolute Gasteiger partial charge is 0.354 e. The standard InChI is InChI=1S/C11H24N2OS/c1-5-11(6-2,15-4)8-13-10(14)9(3)7-12/h9H,5-8,12H2,1-4H3,(H,13,14). The molecular weight excluding hydrogens is 208 g/mol. The Morgan fingerprint density at radius 1 is 1.47 bits per heavy atom. The summed E-state index contributed by atoms with van der Waals surface area (Å²) in [5.74, 6) is -0.0175. The molecule has 3 N–H and O–H groups in total. The minimum Gasteiger partial charge on any atom is -0.354 e. The molecule has 4 heteroatoms. The van der Waals surface area contributed by atoms with Crippen LogP contribution in [0.2, 0.25) is 0 Å². The third-order valence-corrected chi connectivity index (χ3v) is 4.70. The van der Waals surface area contributed by atoms with Gasteiger partial charge in [0.05, 0.1) is 0 Å². The topological polar surface area (TPSA) is 55.1 Å². The third-order valence-electron chi connectivity index (χ3n) is 3.11. The van der Waals surface area contributed by atoms with Gasteiger partial charge in [0.25, 0.3) is 0 Å². The minimum absolute atomic E-state index is 0.0674. The van der Waals surface area contributed by atoms with Crippen molar-refractivity contribution in [1.82, 2.24) is 5.32 Å². The number of carbonyl (C=O) groups is 1. The summed E-state index contributed by atoms with van der Waals surface area (Å²) in [6.45, 7) is 7.34. The highest BCUT2D eigenvalue weighted by atomic mass is 32.2. The predicted octanol–water partition coefficient (Wildman–Crippen LogP) is 1.62. The molecule has 0 fully saturated rings. The second kappa shape index (κ2) is 7.12. The summed E-state index contributed by atoms with van der Waals surface area (Å²) >= 11 is 1.83. The Balaban J connectivity index is 4.16. The van der Waals surface area contributed by atoms with Crippen LogP contribution in [0.15, 0.2) is 0 Å². The number of thioether (sulfide) groups is 1. The number of nitrogens with two attached hydrogens (primary N) is 1. The zero-order chi connectivity index (χ0) is 11.9. The summed E-state index contributed by atoms with van der Waals surface area (Å²) < 4.78 is 0.185. The van der Waals surface area contributed by atoms with Crippen LogP contribution in [0.4, 0.5) is 0 Å². The average Bonchev–Trinajstić information content (AvgIpc) is 2.30. The molecular formula is C11H24N2OS. The minimum atomic E-state index is -0.0849. The molecule has 0 spiro atoms. The van der Waals surface area contributed by atoms with Crippen molar-refractivity contribution in [2.24, 2.45) is 11.7 Å². The number of rotatable bonds is 7. The molecule has 0 aliphatic rings. The lowest BCUT2D eigenvalue weighted by molar-refractivity contribution is -0.124. The molecule has 1 unspecified atom stereocenters. The Morgan fingerprint density at radius 2 is 2.00 bits per heavy atom. The van der Waals surface area contributed by atoms with E-state index in [9.17, 15) is 4.79 Å². The molecule has 0 aliphatic heterocycles. The van der Waals surface area contributed by atoms with Gasteiger partial charge in [0.2, 0.25) is 5.91 Å². The van der Waals surface area contributed by atoms with E-state index in [1.807, 2.05) is 18.7 Å². The predicted molar refractivity (Wildman–Crippen MR) is 68.1 cm³/mol. The second-order valence-corrected chi connectivity index (χ2v) is 5.22. The van der Waals surface area contributed by atoms with Crippen LogP contribution in [0, 0.1) is 5.92 Å². The van der Waals surface area contributed by atoms with E-state index in [1.54, 1.807) is 0 Å². The molecule has 0 aromatic carbocycles. The van der Waals surface area contributed by atoms with Gasteiger partial charge in [-0.15, -0.1) is 0 Å². The van der Waals surface area contributed by atoms with Crippen LogP contribution in [0.3, 0.4) is 0 Å². The molecule has 0 aliphatic carbocycles. The highest BCUT2D eigenvalue weighted by Gasteiger charge is 2.25. The third kappa shape index (κ3) is 4.43. The maximum Gasteiger partial charge on any atom is 0.224 e. The first kappa shape index (κ1) is 14.8. The maximum atomic E-state index is 11.6. The van der Waals surface area contributed by atoms with Crippen molar-refractivity contribution in [3.63, 3.8) is 0 Å². The molecule has 15 heavy (non-hydrogen) atoms. The first-order valence-corrected chi connectivity index (χ1v) is 6.80. The van der Waals surface area contributed by atoms with Crippen LogP contribution in [0.25, 0.3) is 0 Å². The normalized spacial score (nSPS) is 13.7. The molecule has 0 heterocycles. The van der Waals surface area contributed by atoms with Crippen LogP contribution in [-0.4, -0.2) is 30.0 Å². The Morgan fingerprint density at radius 3 is 2.33 bits per heavy atom. The van der Waals surface area contributed by atoms with E-state index in [0.717, 1.165) is 19.4 Å². The molecule has 0 aromatic rings. The fraction of sp³-hybridized carbons (Fsp3) is 0.909. The summed E-state index contributed by atoms with van der Waals surface area (Å²) in [4.78, 5) is 11.6. The SMILES string of the molecule is CCC(CC)(CNC(=O)C(C)CN)SC. The maximum absolute atomic E-state index is 11.6. The number of hydrogen-bond acceptors (Lipinski definition) is 3. The summed E-state index contributed by atoms with van der Waals surface area (Å²) in [5, 5.41) is 2.99. The van der Waals surface area contributed by atoms with Gasteiger partial charge in [-0.2, -0.15) is 11.8 Å². The van der Waals surface area contributed by atoms with Gasteiger partial charge in [0, 0.05) is 23.8 Å². The van der Waals surface area contributed by atoms with Crippen molar-refractivity contribution >= 4 is 17.7 Å². The van der Waals surface area contributed by atoms with E-state index in [1.165, 1.54) is 0 Å². The van der Waals surface area contributed by atoms with Gasteiger partial charge in [-0.3, -0.25) is 4.79 Å². The monoisotopic (exact) mass is 232 g/mol. The van der Waals surface area contributed by atoms with E-state index in [4.69, 9.17) is 5.73 Å². The Bertz CT molecular complexity index is 185. The van der Waals surface area contributed by atoms with Crippen LogP contribution >= 0.6 is 11.8 Å². The number of hydrogen-bond donors (Lipinski definition) is 2. The number of amides is 1. The highest BCUT2D eigenvalue weighted by molar-refractivity contribution is 8.00. The fourth-order valence-corrected chi connectivity index (χ4v) is 2.18. The van der Waals surface area contributed by atoms with Crippen molar-refractivity contribution in [3.8, 4) is 0 Å². The van der Waals surface area contributed by atoms with Gasteiger partial charge in [0.15, 0.2) is 0 Å². The van der Waals surface area contributed by atoms with Crippen molar-refractivity contribution in [2.75, 3.05) is 19.3 Å². The lowest BCUT2D eigenvalue weighted by Gasteiger charge is -2.30. The van der Waals surface area contributed by atoms with Crippen LogP contribution in [-0.2, 0) is 4.79 Å². The van der Waals surface area contributed by atoms with Crippen molar-refractivity contribution in [2.45, 2.75) is 38.4 Å². The van der Waals surface area contributed by atoms with Crippen LogP contribution in [0.1, 0.15) is 33.6 Å². The fourth-order valence-electron chi connectivity index (χ4n) is 1.39. The summed E-state index contributed by atoms with van der Waals surface area (Å²) in [6.07, 6.45) is 4.25. The van der Waals surface area contributed by atoms with E-state index < -0.39 is 0 Å².